The molecule has 8 aromatic carbocycles. The van der Waals surface area contributed by atoms with Gasteiger partial charge >= 0.3 is 0 Å². The highest BCUT2D eigenvalue weighted by Gasteiger charge is 2.20. The second kappa shape index (κ2) is 12.1. The molecule has 3 aromatic heterocycles. The summed E-state index contributed by atoms with van der Waals surface area (Å²) in [4.78, 5) is 2.38. The van der Waals surface area contributed by atoms with Crippen molar-refractivity contribution >= 4 is 71.6 Å². The van der Waals surface area contributed by atoms with E-state index in [1.165, 1.54) is 54.5 Å². The van der Waals surface area contributed by atoms with Gasteiger partial charge < -0.3 is 18.6 Å². The Kier molecular flexibility index (Phi) is 6.82. The van der Waals surface area contributed by atoms with E-state index in [1.807, 2.05) is 0 Å². The molecular weight excluding hydrogens is 657 g/mol. The average Bonchev–Trinajstić information content (AvgIpc) is 3.91. The molecule has 0 saturated heterocycles. The van der Waals surface area contributed by atoms with Crippen LogP contribution in [0, 0.1) is 0 Å². The number of aromatic nitrogens is 3. The predicted molar refractivity (Wildman–Crippen MR) is 227 cm³/mol. The molecule has 0 radical (unpaired) electrons. The number of hydrogen-bond donors (Lipinski definition) is 0. The first-order valence-electron chi connectivity index (χ1n) is 18.4. The minimum Gasteiger partial charge on any atom is -0.317 e. The summed E-state index contributed by atoms with van der Waals surface area (Å²) in [6.07, 6.45) is 2.18. The molecule has 0 spiro atoms. The first-order chi connectivity index (χ1) is 26.8. The fourth-order valence-corrected chi connectivity index (χ4v) is 8.44. The van der Waals surface area contributed by atoms with Gasteiger partial charge in [0.15, 0.2) is 0 Å². The van der Waals surface area contributed by atoms with Crippen LogP contribution >= 0.6 is 0 Å². The molecule has 11 aromatic rings. The number of fused-ring (bicyclic) bond motifs is 7. The summed E-state index contributed by atoms with van der Waals surface area (Å²) in [5.41, 5.74) is 12.7. The Hall–Kier alpha value is -7.30. The van der Waals surface area contributed by atoms with Crippen molar-refractivity contribution in [3.63, 3.8) is 0 Å². The van der Waals surface area contributed by atoms with E-state index in [1.54, 1.807) is 0 Å². The highest BCUT2D eigenvalue weighted by atomic mass is 15.1. The van der Waals surface area contributed by atoms with E-state index in [-0.39, 0.29) is 0 Å². The molecule has 4 heteroatoms. The minimum atomic E-state index is 1.09. The summed E-state index contributed by atoms with van der Waals surface area (Å²) in [6, 6.07) is 72.2. The normalized spacial score (nSPS) is 11.7. The third-order valence-electron chi connectivity index (χ3n) is 10.8. The van der Waals surface area contributed by atoms with Crippen molar-refractivity contribution in [3.8, 4) is 17.1 Å². The Morgan fingerprint density at radius 1 is 0.296 bits per heavy atom. The lowest BCUT2D eigenvalue weighted by Gasteiger charge is -2.26. The van der Waals surface area contributed by atoms with E-state index >= 15 is 0 Å². The lowest BCUT2D eigenvalue weighted by molar-refractivity contribution is 1.13. The third-order valence-corrected chi connectivity index (χ3v) is 10.8. The smallest absolute Gasteiger partial charge is 0.0548 e. The molecule has 0 fully saturated rings. The second-order valence-corrected chi connectivity index (χ2v) is 13.9. The molecule has 0 N–H and O–H groups in total. The van der Waals surface area contributed by atoms with Crippen LogP contribution < -0.4 is 4.90 Å². The van der Waals surface area contributed by atoms with E-state index in [0.29, 0.717) is 0 Å². The number of para-hydroxylation sites is 5. The van der Waals surface area contributed by atoms with Crippen molar-refractivity contribution in [2.24, 2.45) is 0 Å². The topological polar surface area (TPSA) is 18.0 Å². The van der Waals surface area contributed by atoms with Gasteiger partial charge in [-0.15, -0.1) is 0 Å². The molecule has 11 rings (SSSR count). The summed E-state index contributed by atoms with van der Waals surface area (Å²) in [5.74, 6) is 0. The van der Waals surface area contributed by atoms with Crippen molar-refractivity contribution < 1.29 is 0 Å². The Balaban J connectivity index is 1.11. The fraction of sp³-hybridized carbons (Fsp3) is 0. The number of anilines is 3. The van der Waals surface area contributed by atoms with Gasteiger partial charge in [-0.05, 0) is 103 Å². The third kappa shape index (κ3) is 4.70. The van der Waals surface area contributed by atoms with Crippen LogP contribution in [0.4, 0.5) is 17.1 Å². The van der Waals surface area contributed by atoms with Gasteiger partial charge in [0, 0.05) is 67.3 Å². The molecular formula is C50H34N4. The summed E-state index contributed by atoms with van der Waals surface area (Å²) < 4.78 is 7.08. The Morgan fingerprint density at radius 3 is 1.56 bits per heavy atom. The summed E-state index contributed by atoms with van der Waals surface area (Å²) in [7, 11) is 0. The molecule has 0 unspecified atom stereocenters. The van der Waals surface area contributed by atoms with Gasteiger partial charge in [-0.25, -0.2) is 0 Å². The molecule has 3 heterocycles. The van der Waals surface area contributed by atoms with Crippen LogP contribution in [-0.4, -0.2) is 13.7 Å². The molecule has 0 amide bonds. The molecule has 0 aliphatic heterocycles. The molecule has 0 atom stereocenters. The quantitative estimate of drug-likeness (QED) is 0.170. The molecule has 0 bridgehead atoms. The zero-order chi connectivity index (χ0) is 35.6. The fourth-order valence-electron chi connectivity index (χ4n) is 8.44. The van der Waals surface area contributed by atoms with Crippen molar-refractivity contribution in [2.45, 2.75) is 0 Å². The number of benzene rings is 8. The predicted octanol–water partition coefficient (Wildman–Crippen LogP) is 13.3. The summed E-state index contributed by atoms with van der Waals surface area (Å²) in [5, 5.41) is 6.14. The van der Waals surface area contributed by atoms with Gasteiger partial charge in [0.25, 0.3) is 0 Å². The maximum absolute atomic E-state index is 2.42. The van der Waals surface area contributed by atoms with Crippen LogP contribution in [0.3, 0.4) is 0 Å². The number of hydrogen-bond acceptors (Lipinski definition) is 1. The van der Waals surface area contributed by atoms with E-state index in [4.69, 9.17) is 0 Å². The monoisotopic (exact) mass is 690 g/mol. The largest absolute Gasteiger partial charge is 0.317 e. The van der Waals surface area contributed by atoms with Crippen molar-refractivity contribution in [2.75, 3.05) is 4.90 Å². The molecule has 4 nitrogen and oxygen atoms in total. The summed E-state index contributed by atoms with van der Waals surface area (Å²) >= 11 is 0. The van der Waals surface area contributed by atoms with Gasteiger partial charge in [-0.2, -0.15) is 0 Å². The standard InChI is InChI=1S/C50H34N4/c1-4-15-36(16-5-1)51-30-29-35-31-50-45(34-49(35)51)43-24-11-13-26-47(43)54(50)40-22-14-21-39(32-40)52(37-17-6-2-7-18-37)41-27-28-48-44(33-41)42-23-10-12-25-46(42)53(48)38-19-8-3-9-20-38/h1-34H. The van der Waals surface area contributed by atoms with Gasteiger partial charge in [-0.3, -0.25) is 0 Å². The Labute approximate surface area is 312 Å². The van der Waals surface area contributed by atoms with Crippen molar-refractivity contribution in [1.29, 1.82) is 0 Å². The van der Waals surface area contributed by atoms with Crippen LogP contribution in [0.5, 0.6) is 0 Å². The maximum Gasteiger partial charge on any atom is 0.0548 e. The molecule has 0 aliphatic rings. The van der Waals surface area contributed by atoms with Gasteiger partial charge in [0.2, 0.25) is 0 Å². The SMILES string of the molecule is c1ccc(N(c2cccc(-n3c4ccccc4c4cc5c(ccn5-c5ccccc5)cc43)c2)c2ccc3c(c2)c2ccccc2n3-c2ccccc2)cc1. The highest BCUT2D eigenvalue weighted by molar-refractivity contribution is 6.14. The number of rotatable bonds is 6. The molecule has 254 valence electrons. The van der Waals surface area contributed by atoms with E-state index < -0.39 is 0 Å². The molecule has 54 heavy (non-hydrogen) atoms. The number of nitrogens with zero attached hydrogens (tertiary/aromatic N) is 4. The van der Waals surface area contributed by atoms with Crippen LogP contribution in [-0.2, 0) is 0 Å². The zero-order valence-corrected chi connectivity index (χ0v) is 29.4. The zero-order valence-electron chi connectivity index (χ0n) is 29.4. The van der Waals surface area contributed by atoms with E-state index in [9.17, 15) is 0 Å². The lowest BCUT2D eigenvalue weighted by atomic mass is 10.1. The Morgan fingerprint density at radius 2 is 0.833 bits per heavy atom. The first kappa shape index (κ1) is 30.3. The minimum absolute atomic E-state index is 1.09. The van der Waals surface area contributed by atoms with Crippen LogP contribution in [0.15, 0.2) is 206 Å². The van der Waals surface area contributed by atoms with E-state index in [2.05, 4.69) is 225 Å². The van der Waals surface area contributed by atoms with Crippen molar-refractivity contribution in [3.05, 3.63) is 206 Å². The second-order valence-electron chi connectivity index (χ2n) is 13.9. The van der Waals surface area contributed by atoms with Gasteiger partial charge in [0.05, 0.1) is 27.6 Å². The average molecular weight is 691 g/mol. The van der Waals surface area contributed by atoms with Gasteiger partial charge in [-0.1, -0.05) is 97.1 Å². The van der Waals surface area contributed by atoms with E-state index in [0.717, 1.165) is 34.1 Å². The van der Waals surface area contributed by atoms with Crippen LogP contribution in [0.2, 0.25) is 0 Å². The lowest BCUT2D eigenvalue weighted by Crippen LogP contribution is -2.10. The van der Waals surface area contributed by atoms with Crippen molar-refractivity contribution in [1.82, 2.24) is 13.7 Å². The summed E-state index contributed by atoms with van der Waals surface area (Å²) in [6.45, 7) is 0. The first-order valence-corrected chi connectivity index (χ1v) is 18.4. The highest BCUT2D eigenvalue weighted by Crippen LogP contribution is 2.41. The Bertz CT molecular complexity index is 3150. The molecule has 0 saturated carbocycles. The van der Waals surface area contributed by atoms with Gasteiger partial charge in [0.1, 0.15) is 0 Å². The molecule has 0 aliphatic carbocycles. The maximum atomic E-state index is 2.42. The van der Waals surface area contributed by atoms with Crippen LogP contribution in [0.1, 0.15) is 0 Å². The van der Waals surface area contributed by atoms with Crippen LogP contribution in [0.25, 0.3) is 71.6 Å².